The van der Waals surface area contributed by atoms with E-state index in [0.29, 0.717) is 12.8 Å². The average Bonchev–Trinajstić information content (AvgIpc) is 0.781. The van der Waals surface area contributed by atoms with Gasteiger partial charge < -0.3 is 60.2 Å². The summed E-state index contributed by atoms with van der Waals surface area (Å²) in [7, 11) is -10.9. The zero-order chi connectivity index (χ0) is 69.0. The third-order valence-corrected chi connectivity index (χ3v) is 18.9. The summed E-state index contributed by atoms with van der Waals surface area (Å²) < 4.78 is 57.4. The van der Waals surface area contributed by atoms with E-state index in [1.807, 2.05) is 0 Å². The number of aliphatic hydroxyl groups excluding tert-OH is 5. The Morgan fingerprint density at radius 2 is 0.696 bits per heavy atom. The maximum atomic E-state index is 13.1. The quantitative estimate of drug-likeness (QED) is 0.0203. The first-order valence-electron chi connectivity index (χ1n) is 33.0. The predicted octanol–water partition coefficient (Wildman–Crippen LogP) is 14.4. The number of aliphatic hydroxyl groups is 5. The molecule has 0 bridgehead atoms. The highest BCUT2D eigenvalue weighted by Gasteiger charge is 2.53. The number of nitrogens with one attached hydrogen (secondary N) is 2. The summed E-state index contributed by atoms with van der Waals surface area (Å²) in [6.07, 6.45) is 32.0. The van der Waals surface area contributed by atoms with Gasteiger partial charge in [-0.25, -0.2) is 9.13 Å². The van der Waals surface area contributed by atoms with Crippen molar-refractivity contribution < 1.29 is 81.6 Å². The van der Waals surface area contributed by atoms with E-state index in [-0.39, 0.29) is 0 Å². The van der Waals surface area contributed by atoms with Gasteiger partial charge in [-0.15, -0.1) is 0 Å². The van der Waals surface area contributed by atoms with Gasteiger partial charge in [0.2, 0.25) is 11.8 Å². The lowest BCUT2D eigenvalue weighted by Gasteiger charge is -2.48. The van der Waals surface area contributed by atoms with Crippen LogP contribution in [0, 0.1) is 0 Å². The van der Waals surface area contributed by atoms with Crippen LogP contribution in [-0.4, -0.2) is 128 Å². The molecular formula is C71H118N2O17P2. The predicted molar refractivity (Wildman–Crippen MR) is 367 cm³/mol. The topological polar surface area (TPSA) is 289 Å². The lowest BCUT2D eigenvalue weighted by Crippen LogP contribution is -2.69. The van der Waals surface area contributed by atoms with E-state index in [4.69, 9.17) is 23.3 Å². The second-order valence-corrected chi connectivity index (χ2v) is 28.6. The molecule has 0 aromatic carbocycles. The minimum atomic E-state index is -5.63. The fourth-order valence-corrected chi connectivity index (χ4v) is 12.7. The zero-order valence-corrected chi connectivity index (χ0v) is 59.8. The molecule has 2 aliphatic rings. The van der Waals surface area contributed by atoms with Crippen molar-refractivity contribution in [2.24, 2.45) is 0 Å². The summed E-state index contributed by atoms with van der Waals surface area (Å²) in [5.41, 5.74) is 15.1. The molecule has 21 heteroatoms. The lowest BCUT2D eigenvalue weighted by molar-refractivity contribution is -0.325. The van der Waals surface area contributed by atoms with Gasteiger partial charge >= 0.3 is 15.6 Å². The number of carbonyl (C=O) groups is 2. The molecule has 0 saturated carbocycles. The van der Waals surface area contributed by atoms with E-state index in [1.165, 1.54) is 61.8 Å². The highest BCUT2D eigenvalue weighted by Crippen LogP contribution is 2.61. The van der Waals surface area contributed by atoms with Crippen LogP contribution < -0.4 is 10.6 Å². The van der Waals surface area contributed by atoms with Gasteiger partial charge in [0.05, 0.1) is 19.8 Å². The smallest absolute Gasteiger partial charge is 0.394 e. The number of hydrogen-bond acceptors (Lipinski definition) is 15. The maximum Gasteiger partial charge on any atom is 0.483 e. The van der Waals surface area contributed by atoms with E-state index >= 15 is 0 Å². The number of carbonyl (C=O) groups excluding carboxylic acids is 2. The van der Waals surface area contributed by atoms with Gasteiger partial charge in [-0.3, -0.25) is 18.6 Å². The minimum Gasteiger partial charge on any atom is -0.394 e. The van der Waals surface area contributed by atoms with Gasteiger partial charge in [0.25, 0.3) is 0 Å². The lowest BCUT2D eigenvalue weighted by atomic mass is 9.94. The van der Waals surface area contributed by atoms with E-state index in [2.05, 4.69) is 152 Å². The summed E-state index contributed by atoms with van der Waals surface area (Å²) in [5.74, 6) is -1.50. The summed E-state index contributed by atoms with van der Waals surface area (Å²) in [4.78, 5) is 45.1. The summed E-state index contributed by atoms with van der Waals surface area (Å²) in [6.45, 7) is 26.1. The molecule has 0 spiro atoms. The Balaban J connectivity index is 1.71. The number of hydrogen-bond donors (Lipinski definition) is 9. The van der Waals surface area contributed by atoms with Crippen LogP contribution in [-0.2, 0) is 46.3 Å². The summed E-state index contributed by atoms with van der Waals surface area (Å²) >= 11 is 0. The maximum absolute atomic E-state index is 13.1. The zero-order valence-electron chi connectivity index (χ0n) is 58.0. The molecule has 2 amide bonds. The average molecular weight is 1330 g/mol. The molecule has 2 saturated heterocycles. The van der Waals surface area contributed by atoms with E-state index in [9.17, 15) is 54.0 Å². The fraction of sp³-hybridized carbons (Fsp3) is 0.662. The molecule has 12 atom stereocenters. The number of phosphoric acid groups is 2. The summed E-state index contributed by atoms with van der Waals surface area (Å²) in [5, 5.41) is 57.0. The van der Waals surface area contributed by atoms with Crippen molar-refractivity contribution in [1.29, 1.82) is 0 Å². The molecule has 9 N–H and O–H groups in total. The Bertz CT molecular complexity index is 2710. The molecule has 0 aliphatic carbocycles. The van der Waals surface area contributed by atoms with Gasteiger partial charge in [-0.2, -0.15) is 4.31 Å². The normalized spacial score (nSPS) is 25.1. The highest BCUT2D eigenvalue weighted by molar-refractivity contribution is 7.61. The number of ether oxygens (including phenoxy) is 3. The van der Waals surface area contributed by atoms with Crippen LogP contribution >= 0.6 is 15.6 Å². The molecule has 0 aromatic rings. The van der Waals surface area contributed by atoms with Gasteiger partial charge in [0.1, 0.15) is 48.7 Å². The Morgan fingerprint density at radius 3 is 1.00 bits per heavy atom. The van der Waals surface area contributed by atoms with Crippen molar-refractivity contribution in [1.82, 2.24) is 10.6 Å². The Morgan fingerprint density at radius 1 is 0.402 bits per heavy atom. The van der Waals surface area contributed by atoms with Gasteiger partial charge in [-0.05, 0) is 212 Å². The molecule has 0 aromatic heterocycles. The Labute approximate surface area is 551 Å². The van der Waals surface area contributed by atoms with Crippen LogP contribution in [0.25, 0.3) is 0 Å². The second kappa shape index (κ2) is 45.5. The molecule has 0 radical (unpaired) electrons. The van der Waals surface area contributed by atoms with Crippen molar-refractivity contribution in [2.75, 3.05) is 19.8 Å². The fourth-order valence-electron chi connectivity index (χ4n) is 10.6. The molecule has 19 nitrogen and oxygen atoms in total. The van der Waals surface area contributed by atoms with Crippen LogP contribution in [0.15, 0.2) is 128 Å². The van der Waals surface area contributed by atoms with Gasteiger partial charge in [0.15, 0.2) is 12.6 Å². The van der Waals surface area contributed by atoms with Crippen LogP contribution in [0.2, 0.25) is 0 Å². The Kier molecular flexibility index (Phi) is 41.6. The minimum absolute atomic E-state index is 0.478. The standard InChI is InChI=1S/C71H118N2O17P2/c1-49(2)25-15-26-50(3)27-16-28-51(4)29-17-30-52(5)31-18-32-53(6)33-19-34-54(7)35-20-36-55(8)37-21-38-56(9)39-22-40-57(10)41-23-42-58(11)43-24-44-59(12)45-46-85-91(81,82)90-92(83,84)89-71-65(73-61(14)77)68(80)69(63(48-75)87-71)88-70-64(72-60(13)76)67(79)66(78)62(47-74)86-70/h25,27,29,31,33,35,37,39,41,43,45,62-71,74-75,78-80H,15-24,26,28,30,32,34,36,38,40,42,44,46-48H2,1-14H3,(H,72,76)(H,73,77)(H,81,82)(H,83,84). The van der Waals surface area contributed by atoms with Gasteiger partial charge in [0, 0.05) is 13.8 Å². The van der Waals surface area contributed by atoms with Crippen molar-refractivity contribution in [3.63, 3.8) is 0 Å². The molecule has 2 heterocycles. The van der Waals surface area contributed by atoms with E-state index in [1.54, 1.807) is 6.92 Å². The third kappa shape index (κ3) is 36.8. The van der Waals surface area contributed by atoms with Crippen LogP contribution in [0.4, 0.5) is 0 Å². The Hall–Kier alpha value is -3.98. The summed E-state index contributed by atoms with van der Waals surface area (Å²) in [6, 6.07) is -3.26. The van der Waals surface area contributed by atoms with E-state index < -0.39 is 109 Å². The molecule has 2 rings (SSSR count). The first kappa shape index (κ1) is 84.1. The highest BCUT2D eigenvalue weighted by atomic mass is 31.3. The van der Waals surface area contributed by atoms with Crippen LogP contribution in [0.5, 0.6) is 0 Å². The monoisotopic (exact) mass is 1330 g/mol. The number of allylic oxidation sites excluding steroid dienone is 21. The van der Waals surface area contributed by atoms with Crippen LogP contribution in [0.1, 0.15) is 225 Å². The second-order valence-electron chi connectivity index (χ2n) is 25.6. The van der Waals surface area contributed by atoms with Gasteiger partial charge in [-0.1, -0.05) is 128 Å². The first-order chi connectivity index (χ1) is 43.3. The van der Waals surface area contributed by atoms with E-state index in [0.717, 1.165) is 135 Å². The molecule has 92 heavy (non-hydrogen) atoms. The van der Waals surface area contributed by atoms with Crippen molar-refractivity contribution >= 4 is 27.5 Å². The molecule has 2 aliphatic heterocycles. The molecule has 2 fully saturated rings. The van der Waals surface area contributed by atoms with Crippen LogP contribution in [0.3, 0.4) is 0 Å². The molecule has 12 unspecified atom stereocenters. The van der Waals surface area contributed by atoms with Crippen molar-refractivity contribution in [2.45, 2.75) is 287 Å². The molecular weight excluding hydrogens is 1210 g/mol. The SMILES string of the molecule is CC(=O)NC1C(OC2C(CO)OC(OP(=O)(O)OP(=O)(O)OCC=C(C)CCC=C(C)CCC=C(C)CCC=C(C)CCC=C(C)CCC=C(C)CCC=C(C)CCC=C(C)CCC=C(C)CCC=C(C)CCC=C(C)C)C(NC(C)=O)C2O)OC(CO)C(O)C1O. The van der Waals surface area contributed by atoms with Crippen molar-refractivity contribution in [3.8, 4) is 0 Å². The largest absolute Gasteiger partial charge is 0.483 e. The number of phosphoric ester groups is 2. The number of amides is 2. The number of rotatable bonds is 43. The molecule has 524 valence electrons. The van der Waals surface area contributed by atoms with Crippen molar-refractivity contribution in [3.05, 3.63) is 128 Å². The third-order valence-electron chi connectivity index (χ3n) is 16.3. The first-order valence-corrected chi connectivity index (χ1v) is 36.0.